The molecular weight excluding hydrogens is 266 g/mol. The number of hydrogen-bond donors (Lipinski definition) is 1. The van der Waals surface area contributed by atoms with Crippen LogP contribution in [0.2, 0.25) is 5.02 Å². The third kappa shape index (κ3) is 2.23. The highest BCUT2D eigenvalue weighted by atomic mass is 35.5. The van der Waals surface area contributed by atoms with Crippen molar-refractivity contribution in [2.45, 2.75) is 6.42 Å². The lowest BCUT2D eigenvalue weighted by Gasteiger charge is -2.18. The van der Waals surface area contributed by atoms with E-state index >= 15 is 0 Å². The van der Waals surface area contributed by atoms with E-state index < -0.39 is 16.0 Å². The zero-order valence-corrected chi connectivity index (χ0v) is 10.3. The van der Waals surface area contributed by atoms with Gasteiger partial charge in [-0.25, -0.2) is 13.2 Å². The Morgan fingerprint density at radius 2 is 2.12 bits per heavy atom. The lowest BCUT2D eigenvalue weighted by Crippen LogP contribution is -2.25. The van der Waals surface area contributed by atoms with E-state index in [1.165, 1.54) is 22.5 Å². The Balaban J connectivity index is 2.44. The average Bonchev–Trinajstić information content (AvgIpc) is 2.58. The first kappa shape index (κ1) is 12.2. The van der Waals surface area contributed by atoms with Crippen molar-refractivity contribution in [2.24, 2.45) is 0 Å². The fourth-order valence-electron chi connectivity index (χ4n) is 1.75. The van der Waals surface area contributed by atoms with E-state index in [4.69, 9.17) is 16.7 Å². The maximum atomic E-state index is 11.7. The van der Waals surface area contributed by atoms with Gasteiger partial charge in [-0.15, -0.1) is 0 Å². The van der Waals surface area contributed by atoms with Gasteiger partial charge < -0.3 is 5.11 Å². The summed E-state index contributed by atoms with van der Waals surface area (Å²) in [4.78, 5) is 10.7. The highest BCUT2D eigenvalue weighted by Crippen LogP contribution is 2.31. The summed E-state index contributed by atoms with van der Waals surface area (Å²) < 4.78 is 24.6. The van der Waals surface area contributed by atoms with Gasteiger partial charge in [0.05, 0.1) is 22.0 Å². The van der Waals surface area contributed by atoms with Crippen molar-refractivity contribution in [2.75, 3.05) is 16.6 Å². The summed E-state index contributed by atoms with van der Waals surface area (Å²) in [6.45, 7) is 0.383. The van der Waals surface area contributed by atoms with Gasteiger partial charge in [0, 0.05) is 6.54 Å². The van der Waals surface area contributed by atoms with Gasteiger partial charge >= 0.3 is 5.97 Å². The molecule has 0 aliphatic carbocycles. The van der Waals surface area contributed by atoms with Crippen molar-refractivity contribution in [3.8, 4) is 0 Å². The number of sulfonamides is 1. The lowest BCUT2D eigenvalue weighted by atomic mass is 10.2. The van der Waals surface area contributed by atoms with Crippen molar-refractivity contribution in [1.82, 2.24) is 0 Å². The van der Waals surface area contributed by atoms with Crippen LogP contribution in [-0.2, 0) is 10.0 Å². The molecule has 0 atom stereocenters. The third-order valence-corrected chi connectivity index (χ3v) is 4.72. The summed E-state index contributed by atoms with van der Waals surface area (Å²) in [5.41, 5.74) is 0.379. The summed E-state index contributed by atoms with van der Waals surface area (Å²) in [6, 6.07) is 4.03. The first-order valence-electron chi connectivity index (χ1n) is 4.95. The number of carbonyl (C=O) groups is 1. The molecule has 0 bridgehead atoms. The number of rotatable bonds is 2. The van der Waals surface area contributed by atoms with Gasteiger partial charge in [0.1, 0.15) is 0 Å². The minimum absolute atomic E-state index is 0.0374. The molecule has 1 N–H and O–H groups in total. The third-order valence-electron chi connectivity index (χ3n) is 2.56. The van der Waals surface area contributed by atoms with Gasteiger partial charge in [0.25, 0.3) is 0 Å². The molecule has 1 aromatic rings. The van der Waals surface area contributed by atoms with E-state index in [9.17, 15) is 13.2 Å². The predicted molar refractivity (Wildman–Crippen MR) is 64.2 cm³/mol. The van der Waals surface area contributed by atoms with Gasteiger partial charge in [-0.05, 0) is 24.6 Å². The molecule has 1 fully saturated rings. The van der Waals surface area contributed by atoms with Crippen molar-refractivity contribution in [3.63, 3.8) is 0 Å². The second-order valence-corrected chi connectivity index (χ2v) is 6.13. The molecule has 0 amide bonds. The van der Waals surface area contributed by atoms with Gasteiger partial charge in [-0.1, -0.05) is 11.6 Å². The van der Waals surface area contributed by atoms with Crippen molar-refractivity contribution in [1.29, 1.82) is 0 Å². The molecule has 0 radical (unpaired) electrons. The van der Waals surface area contributed by atoms with Crippen LogP contribution < -0.4 is 4.31 Å². The second-order valence-electron chi connectivity index (χ2n) is 3.71. The van der Waals surface area contributed by atoms with E-state index in [1.54, 1.807) is 0 Å². The molecule has 7 heteroatoms. The van der Waals surface area contributed by atoms with Gasteiger partial charge in [0.15, 0.2) is 0 Å². The quantitative estimate of drug-likeness (QED) is 0.889. The van der Waals surface area contributed by atoms with Crippen LogP contribution in [0.3, 0.4) is 0 Å². The number of halogens is 1. The monoisotopic (exact) mass is 275 g/mol. The number of benzene rings is 1. The van der Waals surface area contributed by atoms with E-state index in [0.717, 1.165) is 0 Å². The molecule has 92 valence electrons. The van der Waals surface area contributed by atoms with E-state index in [-0.39, 0.29) is 16.3 Å². The Morgan fingerprint density at radius 3 is 2.59 bits per heavy atom. The Labute approximate surface area is 104 Å². The first-order valence-corrected chi connectivity index (χ1v) is 6.94. The number of aromatic carboxylic acids is 1. The fraction of sp³-hybridized carbons (Fsp3) is 0.300. The maximum Gasteiger partial charge on any atom is 0.335 e. The van der Waals surface area contributed by atoms with E-state index in [0.29, 0.717) is 18.7 Å². The minimum Gasteiger partial charge on any atom is -0.478 e. The molecule has 5 nitrogen and oxygen atoms in total. The smallest absolute Gasteiger partial charge is 0.335 e. The molecule has 1 saturated heterocycles. The summed E-state index contributed by atoms with van der Waals surface area (Å²) in [6.07, 6.45) is 0.555. The minimum atomic E-state index is -3.29. The SMILES string of the molecule is O=C(O)c1ccc(N2CCCS2(=O)=O)c(Cl)c1. The lowest BCUT2D eigenvalue weighted by molar-refractivity contribution is 0.0697. The van der Waals surface area contributed by atoms with Gasteiger partial charge in [0.2, 0.25) is 10.0 Å². The van der Waals surface area contributed by atoms with Crippen LogP contribution in [0, 0.1) is 0 Å². The van der Waals surface area contributed by atoms with Crippen molar-refractivity contribution < 1.29 is 18.3 Å². The zero-order chi connectivity index (χ0) is 12.6. The number of anilines is 1. The van der Waals surface area contributed by atoms with Gasteiger partial charge in [-0.3, -0.25) is 4.31 Å². The molecular formula is C10H10ClNO4S. The summed E-state index contributed by atoms with van der Waals surface area (Å²) in [5, 5.41) is 8.91. The van der Waals surface area contributed by atoms with Crippen LogP contribution in [0.5, 0.6) is 0 Å². The number of nitrogens with zero attached hydrogens (tertiary/aromatic N) is 1. The molecule has 1 heterocycles. The molecule has 17 heavy (non-hydrogen) atoms. The molecule has 1 aliphatic heterocycles. The molecule has 0 aromatic heterocycles. The topological polar surface area (TPSA) is 74.7 Å². The Bertz CT molecular complexity index is 570. The van der Waals surface area contributed by atoms with Crippen LogP contribution in [0.15, 0.2) is 18.2 Å². The van der Waals surface area contributed by atoms with Crippen LogP contribution in [0.1, 0.15) is 16.8 Å². The van der Waals surface area contributed by atoms with Crippen LogP contribution in [0.4, 0.5) is 5.69 Å². The highest BCUT2D eigenvalue weighted by molar-refractivity contribution is 7.93. The van der Waals surface area contributed by atoms with Crippen LogP contribution in [0.25, 0.3) is 0 Å². The number of hydrogen-bond acceptors (Lipinski definition) is 3. The highest BCUT2D eigenvalue weighted by Gasteiger charge is 2.29. The fourth-order valence-corrected chi connectivity index (χ4v) is 3.67. The molecule has 0 saturated carbocycles. The normalized spacial score (nSPS) is 18.3. The molecule has 1 aromatic carbocycles. The Hall–Kier alpha value is -1.27. The largest absolute Gasteiger partial charge is 0.478 e. The second kappa shape index (κ2) is 4.19. The maximum absolute atomic E-state index is 11.7. The predicted octanol–water partition coefficient (Wildman–Crippen LogP) is 1.58. The van der Waals surface area contributed by atoms with Gasteiger partial charge in [-0.2, -0.15) is 0 Å². The summed E-state index contributed by atoms with van der Waals surface area (Å²) >= 11 is 5.91. The average molecular weight is 276 g/mol. The Morgan fingerprint density at radius 1 is 1.41 bits per heavy atom. The first-order chi connectivity index (χ1) is 7.92. The van der Waals surface area contributed by atoms with Crippen LogP contribution >= 0.6 is 11.6 Å². The summed E-state index contributed by atoms with van der Waals surface area (Å²) in [5.74, 6) is -0.993. The standard InChI is InChI=1S/C10H10ClNO4S/c11-8-6-7(10(13)14)2-3-9(8)12-4-1-5-17(12,15)16/h2-3,6H,1,4-5H2,(H,13,14). The number of carboxylic acid groups (broad SMARTS) is 1. The molecule has 0 unspecified atom stereocenters. The summed E-state index contributed by atoms with van der Waals surface area (Å²) in [7, 11) is -3.29. The zero-order valence-electron chi connectivity index (χ0n) is 8.76. The number of carboxylic acids is 1. The van der Waals surface area contributed by atoms with E-state index in [2.05, 4.69) is 0 Å². The van der Waals surface area contributed by atoms with E-state index in [1.807, 2.05) is 0 Å². The van der Waals surface area contributed by atoms with Crippen molar-refractivity contribution >= 4 is 33.3 Å². The Kier molecular flexibility index (Phi) is 3.01. The molecule has 0 spiro atoms. The van der Waals surface area contributed by atoms with Crippen LogP contribution in [-0.4, -0.2) is 31.8 Å². The molecule has 1 aliphatic rings. The van der Waals surface area contributed by atoms with Crippen molar-refractivity contribution in [3.05, 3.63) is 28.8 Å². The molecule has 2 rings (SSSR count).